The van der Waals surface area contributed by atoms with Gasteiger partial charge in [0.25, 0.3) is 0 Å². The molecule has 7 nitrogen and oxygen atoms in total. The molecule has 3 rings (SSSR count). The number of nitrogens with one attached hydrogen (secondary N) is 1. The standard InChI is InChI=1S/C16H13ClN4O3/c1-24-13-3-2-8(17)6-9(13)14-10(15(22)23)7-12(20-14)11-4-5-19-16(18)21-11/h2-7,20H,1H3,(H,22,23)(H2,18,19,21). The molecule has 0 amide bonds. The zero-order valence-corrected chi connectivity index (χ0v) is 13.3. The number of methoxy groups -OCH3 is 1. The van der Waals surface area contributed by atoms with E-state index in [1.807, 2.05) is 0 Å². The third-order valence-corrected chi connectivity index (χ3v) is 3.66. The van der Waals surface area contributed by atoms with Crippen LogP contribution in [0.4, 0.5) is 5.95 Å². The highest BCUT2D eigenvalue weighted by atomic mass is 35.5. The predicted molar refractivity (Wildman–Crippen MR) is 90.2 cm³/mol. The third-order valence-electron chi connectivity index (χ3n) is 3.43. The van der Waals surface area contributed by atoms with Crippen molar-refractivity contribution in [3.05, 3.63) is 47.1 Å². The monoisotopic (exact) mass is 344 g/mol. The Labute approximate surface area is 142 Å². The van der Waals surface area contributed by atoms with Crippen molar-refractivity contribution in [1.29, 1.82) is 0 Å². The summed E-state index contributed by atoms with van der Waals surface area (Å²) in [4.78, 5) is 22.6. The number of aromatic nitrogens is 3. The Morgan fingerprint density at radius 2 is 2.12 bits per heavy atom. The van der Waals surface area contributed by atoms with Gasteiger partial charge in [0.05, 0.1) is 29.8 Å². The summed E-state index contributed by atoms with van der Waals surface area (Å²) in [5.41, 5.74) is 7.55. The molecule has 0 aliphatic rings. The van der Waals surface area contributed by atoms with Gasteiger partial charge in [0.15, 0.2) is 0 Å². The fourth-order valence-electron chi connectivity index (χ4n) is 2.37. The maximum absolute atomic E-state index is 11.6. The first kappa shape index (κ1) is 15.8. The van der Waals surface area contributed by atoms with Crippen LogP contribution < -0.4 is 10.5 Å². The quantitative estimate of drug-likeness (QED) is 0.670. The van der Waals surface area contributed by atoms with E-state index >= 15 is 0 Å². The van der Waals surface area contributed by atoms with Crippen LogP contribution in [0.3, 0.4) is 0 Å². The number of nitrogens with two attached hydrogens (primary N) is 1. The molecule has 4 N–H and O–H groups in total. The molecule has 0 unspecified atom stereocenters. The number of nitrogen functional groups attached to an aromatic ring is 1. The lowest BCUT2D eigenvalue weighted by Crippen LogP contribution is -1.98. The number of carboxylic acids is 1. The molecule has 0 aliphatic heterocycles. The second-order valence-corrected chi connectivity index (χ2v) is 5.36. The first-order valence-electron chi connectivity index (χ1n) is 6.88. The number of carboxylic acid groups (broad SMARTS) is 1. The normalized spacial score (nSPS) is 10.6. The Hall–Kier alpha value is -3.06. The lowest BCUT2D eigenvalue weighted by Gasteiger charge is -2.08. The molecule has 0 bridgehead atoms. The second kappa shape index (κ2) is 6.21. The van der Waals surface area contributed by atoms with E-state index in [-0.39, 0.29) is 11.5 Å². The number of rotatable bonds is 4. The molecule has 1 aromatic carbocycles. The molecule has 0 saturated heterocycles. The number of aromatic amines is 1. The summed E-state index contributed by atoms with van der Waals surface area (Å²) in [5.74, 6) is -0.491. The minimum Gasteiger partial charge on any atom is -0.496 e. The Bertz CT molecular complexity index is 923. The molecule has 0 fully saturated rings. The number of anilines is 1. The Morgan fingerprint density at radius 3 is 2.79 bits per heavy atom. The van der Waals surface area contributed by atoms with Crippen LogP contribution in [0.1, 0.15) is 10.4 Å². The molecule has 2 aromatic heterocycles. The van der Waals surface area contributed by atoms with E-state index < -0.39 is 5.97 Å². The van der Waals surface area contributed by atoms with E-state index in [0.29, 0.717) is 33.4 Å². The van der Waals surface area contributed by atoms with Gasteiger partial charge in [-0.3, -0.25) is 0 Å². The van der Waals surface area contributed by atoms with Crippen molar-refractivity contribution in [2.45, 2.75) is 0 Å². The SMILES string of the molecule is COc1ccc(Cl)cc1-c1[nH]c(-c2ccnc(N)n2)cc1C(=O)O. The Kier molecular flexibility index (Phi) is 4.09. The minimum atomic E-state index is -1.09. The van der Waals surface area contributed by atoms with Crippen molar-refractivity contribution >= 4 is 23.5 Å². The van der Waals surface area contributed by atoms with Gasteiger partial charge in [-0.05, 0) is 30.3 Å². The van der Waals surface area contributed by atoms with E-state index in [1.165, 1.54) is 19.4 Å². The van der Waals surface area contributed by atoms with Crippen molar-refractivity contribution in [3.63, 3.8) is 0 Å². The van der Waals surface area contributed by atoms with Gasteiger partial charge in [0.2, 0.25) is 5.95 Å². The van der Waals surface area contributed by atoms with Gasteiger partial charge in [-0.2, -0.15) is 0 Å². The average Bonchev–Trinajstić information content (AvgIpc) is 3.00. The first-order chi connectivity index (χ1) is 11.5. The molecule has 24 heavy (non-hydrogen) atoms. The number of hydrogen-bond donors (Lipinski definition) is 3. The van der Waals surface area contributed by atoms with Gasteiger partial charge in [0, 0.05) is 16.8 Å². The lowest BCUT2D eigenvalue weighted by molar-refractivity contribution is 0.0698. The summed E-state index contributed by atoms with van der Waals surface area (Å²) < 4.78 is 5.31. The number of benzene rings is 1. The van der Waals surface area contributed by atoms with Gasteiger partial charge in [-0.1, -0.05) is 11.6 Å². The van der Waals surface area contributed by atoms with Crippen LogP contribution in [-0.2, 0) is 0 Å². The van der Waals surface area contributed by atoms with E-state index in [4.69, 9.17) is 22.1 Å². The number of carbonyl (C=O) groups is 1. The predicted octanol–water partition coefficient (Wildman–Crippen LogP) is 3.08. The molecule has 0 radical (unpaired) electrons. The van der Waals surface area contributed by atoms with E-state index in [0.717, 1.165) is 0 Å². The van der Waals surface area contributed by atoms with Crippen molar-refractivity contribution in [3.8, 4) is 28.4 Å². The van der Waals surface area contributed by atoms with E-state index in [1.54, 1.807) is 24.3 Å². The summed E-state index contributed by atoms with van der Waals surface area (Å²) in [6, 6.07) is 8.09. The van der Waals surface area contributed by atoms with Crippen LogP contribution in [0.25, 0.3) is 22.6 Å². The van der Waals surface area contributed by atoms with Crippen LogP contribution in [-0.4, -0.2) is 33.1 Å². The Morgan fingerprint density at radius 1 is 1.33 bits per heavy atom. The average molecular weight is 345 g/mol. The molecular formula is C16H13ClN4O3. The van der Waals surface area contributed by atoms with Crippen LogP contribution in [0, 0.1) is 0 Å². The van der Waals surface area contributed by atoms with Crippen molar-refractivity contribution in [2.24, 2.45) is 0 Å². The van der Waals surface area contributed by atoms with Gasteiger partial charge >= 0.3 is 5.97 Å². The zero-order chi connectivity index (χ0) is 17.3. The molecule has 0 atom stereocenters. The summed E-state index contributed by atoms with van der Waals surface area (Å²) >= 11 is 6.05. The van der Waals surface area contributed by atoms with Crippen molar-refractivity contribution < 1.29 is 14.6 Å². The lowest BCUT2D eigenvalue weighted by atomic mass is 10.1. The van der Waals surface area contributed by atoms with Gasteiger partial charge in [-0.25, -0.2) is 14.8 Å². The van der Waals surface area contributed by atoms with Gasteiger partial charge in [0.1, 0.15) is 5.75 Å². The third kappa shape index (κ3) is 2.89. The highest BCUT2D eigenvalue weighted by Gasteiger charge is 2.20. The molecule has 2 heterocycles. The largest absolute Gasteiger partial charge is 0.496 e. The van der Waals surface area contributed by atoms with E-state index in [2.05, 4.69) is 15.0 Å². The second-order valence-electron chi connectivity index (χ2n) is 4.92. The van der Waals surface area contributed by atoms with Crippen molar-refractivity contribution in [1.82, 2.24) is 15.0 Å². The molecule has 0 saturated carbocycles. The molecule has 8 heteroatoms. The van der Waals surface area contributed by atoms with Crippen LogP contribution in [0.15, 0.2) is 36.5 Å². The molecule has 3 aromatic rings. The van der Waals surface area contributed by atoms with Gasteiger partial charge < -0.3 is 20.6 Å². The van der Waals surface area contributed by atoms with E-state index in [9.17, 15) is 9.90 Å². The summed E-state index contributed by atoms with van der Waals surface area (Å²) in [6.45, 7) is 0. The van der Waals surface area contributed by atoms with Crippen molar-refractivity contribution in [2.75, 3.05) is 12.8 Å². The zero-order valence-electron chi connectivity index (χ0n) is 12.6. The van der Waals surface area contributed by atoms with Gasteiger partial charge in [-0.15, -0.1) is 0 Å². The molecular weight excluding hydrogens is 332 g/mol. The summed E-state index contributed by atoms with van der Waals surface area (Å²) in [5, 5.41) is 9.99. The highest BCUT2D eigenvalue weighted by Crippen LogP contribution is 2.36. The van der Waals surface area contributed by atoms with Crippen LogP contribution in [0.2, 0.25) is 5.02 Å². The Balaban J connectivity index is 2.22. The number of H-pyrrole nitrogens is 1. The van der Waals surface area contributed by atoms with Crippen LogP contribution >= 0.6 is 11.6 Å². The number of hydrogen-bond acceptors (Lipinski definition) is 5. The number of halogens is 1. The topological polar surface area (TPSA) is 114 Å². The highest BCUT2D eigenvalue weighted by molar-refractivity contribution is 6.31. The molecule has 122 valence electrons. The first-order valence-corrected chi connectivity index (χ1v) is 7.26. The number of aromatic carboxylic acids is 1. The molecule has 0 spiro atoms. The number of ether oxygens (including phenoxy) is 1. The fraction of sp³-hybridized carbons (Fsp3) is 0.0625. The summed E-state index contributed by atoms with van der Waals surface area (Å²) in [7, 11) is 1.50. The summed E-state index contributed by atoms with van der Waals surface area (Å²) in [6.07, 6.45) is 1.50. The number of nitrogens with zero attached hydrogens (tertiary/aromatic N) is 2. The smallest absolute Gasteiger partial charge is 0.337 e. The maximum atomic E-state index is 11.6. The minimum absolute atomic E-state index is 0.0720. The maximum Gasteiger partial charge on any atom is 0.337 e. The molecule has 0 aliphatic carbocycles. The van der Waals surface area contributed by atoms with Crippen LogP contribution in [0.5, 0.6) is 5.75 Å². The fourth-order valence-corrected chi connectivity index (χ4v) is 2.55.